The van der Waals surface area contributed by atoms with E-state index in [-0.39, 0.29) is 12.1 Å². The van der Waals surface area contributed by atoms with Gasteiger partial charge in [0.2, 0.25) is 0 Å². The predicted octanol–water partition coefficient (Wildman–Crippen LogP) is 4.24. The Morgan fingerprint density at radius 2 is 1.77 bits per heavy atom. The number of aryl methyl sites for hydroxylation is 1. The molecule has 8 heteroatoms. The molecular weight excluding hydrogens is 490 g/mol. The van der Waals surface area contributed by atoms with Crippen molar-refractivity contribution in [3.63, 3.8) is 0 Å². The number of para-hydroxylation sites is 1. The van der Waals surface area contributed by atoms with Crippen molar-refractivity contribution in [2.24, 2.45) is 19.8 Å². The molecule has 0 aliphatic carbocycles. The lowest BCUT2D eigenvalue weighted by molar-refractivity contribution is 0.139. The average molecular weight is 522 g/mol. The Labute approximate surface area is 225 Å². The quantitative estimate of drug-likeness (QED) is 0.359. The van der Waals surface area contributed by atoms with Gasteiger partial charge in [-0.25, -0.2) is 9.78 Å². The fourth-order valence-electron chi connectivity index (χ4n) is 5.62. The lowest BCUT2D eigenvalue weighted by Crippen LogP contribution is -2.38. The molecule has 0 atom stereocenters. The first-order valence-corrected chi connectivity index (χ1v) is 13.0. The molecule has 3 N–H and O–H groups in total. The molecule has 0 fully saturated rings. The fourth-order valence-corrected chi connectivity index (χ4v) is 5.62. The maximum absolute atomic E-state index is 13.6. The molecule has 39 heavy (non-hydrogen) atoms. The van der Waals surface area contributed by atoms with Crippen LogP contribution in [-0.4, -0.2) is 19.7 Å². The molecule has 5 aromatic rings. The number of nitrogens with two attached hydrogens (primary N) is 1. The van der Waals surface area contributed by atoms with E-state index >= 15 is 0 Å². The first-order chi connectivity index (χ1) is 18.7. The van der Waals surface area contributed by atoms with Crippen LogP contribution >= 0.6 is 0 Å². The van der Waals surface area contributed by atoms with E-state index in [0.717, 1.165) is 38.8 Å². The second kappa shape index (κ2) is 9.10. The van der Waals surface area contributed by atoms with Gasteiger partial charge >= 0.3 is 5.69 Å². The number of nitrogens with zero attached hydrogens (tertiary/aromatic N) is 3. The summed E-state index contributed by atoms with van der Waals surface area (Å²) in [5.41, 5.74) is 9.70. The van der Waals surface area contributed by atoms with Gasteiger partial charge < -0.3 is 15.8 Å². The topological polar surface area (TPSA) is 104 Å². The van der Waals surface area contributed by atoms with Gasteiger partial charge in [-0.3, -0.25) is 13.9 Å². The lowest BCUT2D eigenvalue weighted by atomic mass is 9.93. The number of fused-ring (bicyclic) bond motifs is 3. The Hall–Kier alpha value is -4.43. The van der Waals surface area contributed by atoms with Crippen LogP contribution in [0, 0.1) is 0 Å². The third kappa shape index (κ3) is 4.08. The highest BCUT2D eigenvalue weighted by molar-refractivity contribution is 5.98. The number of pyridine rings is 1. The molecule has 0 radical (unpaired) electrons. The van der Waals surface area contributed by atoms with Crippen molar-refractivity contribution in [2.75, 3.05) is 5.32 Å². The molecule has 0 bridgehead atoms. The van der Waals surface area contributed by atoms with Crippen molar-refractivity contribution in [3.8, 4) is 16.9 Å². The van der Waals surface area contributed by atoms with Crippen LogP contribution in [-0.2, 0) is 33.6 Å². The van der Waals surface area contributed by atoms with Crippen molar-refractivity contribution < 1.29 is 4.74 Å². The van der Waals surface area contributed by atoms with Gasteiger partial charge in [-0.15, -0.1) is 0 Å². The van der Waals surface area contributed by atoms with Crippen LogP contribution in [0.5, 0.6) is 5.75 Å². The van der Waals surface area contributed by atoms with Crippen LogP contribution in [0.25, 0.3) is 32.9 Å². The normalized spacial score (nSPS) is 14.0. The van der Waals surface area contributed by atoms with Crippen LogP contribution in [0.1, 0.15) is 30.5 Å². The van der Waals surface area contributed by atoms with E-state index in [4.69, 9.17) is 15.5 Å². The third-order valence-corrected chi connectivity index (χ3v) is 7.53. The van der Waals surface area contributed by atoms with Crippen LogP contribution in [0.4, 0.5) is 5.82 Å². The number of anilines is 1. The van der Waals surface area contributed by atoms with Crippen LogP contribution in [0.15, 0.2) is 70.3 Å². The first-order valence-electron chi connectivity index (χ1n) is 13.0. The summed E-state index contributed by atoms with van der Waals surface area (Å²) < 4.78 is 8.93. The monoisotopic (exact) mass is 521 g/mol. The first kappa shape index (κ1) is 24.9. The zero-order chi connectivity index (χ0) is 27.5. The number of hydrogen-bond donors (Lipinski definition) is 2. The summed E-state index contributed by atoms with van der Waals surface area (Å²) in [6.07, 6.45) is 0.751. The second-order valence-electron chi connectivity index (χ2n) is 10.8. The van der Waals surface area contributed by atoms with E-state index in [9.17, 15) is 9.59 Å². The Morgan fingerprint density at radius 1 is 1.00 bits per heavy atom. The number of rotatable bonds is 5. The van der Waals surface area contributed by atoms with Crippen LogP contribution in [0.3, 0.4) is 0 Å². The minimum absolute atomic E-state index is 0.136. The number of nitrogens with one attached hydrogen (secondary N) is 1. The highest BCUT2D eigenvalue weighted by Crippen LogP contribution is 2.45. The molecule has 1 aliphatic rings. The third-order valence-electron chi connectivity index (χ3n) is 7.53. The molecule has 198 valence electrons. The Morgan fingerprint density at radius 3 is 2.54 bits per heavy atom. The second-order valence-corrected chi connectivity index (χ2v) is 10.8. The van der Waals surface area contributed by atoms with Gasteiger partial charge in [0, 0.05) is 50.3 Å². The average Bonchev–Trinajstić information content (AvgIpc) is 3.26. The van der Waals surface area contributed by atoms with Crippen molar-refractivity contribution in [2.45, 2.75) is 39.0 Å². The summed E-state index contributed by atoms with van der Waals surface area (Å²) in [7, 11) is 3.11. The summed E-state index contributed by atoms with van der Waals surface area (Å²) in [6.45, 7) is 4.72. The number of aromatic nitrogens is 3. The molecule has 0 amide bonds. The highest BCUT2D eigenvalue weighted by atomic mass is 16.5. The minimum atomic E-state index is -0.442. The Balaban J connectivity index is 1.59. The van der Waals surface area contributed by atoms with E-state index in [0.29, 0.717) is 34.5 Å². The van der Waals surface area contributed by atoms with Crippen LogP contribution < -0.4 is 27.0 Å². The summed E-state index contributed by atoms with van der Waals surface area (Å²) in [5, 5.41) is 6.12. The van der Waals surface area contributed by atoms with Crippen molar-refractivity contribution in [3.05, 3.63) is 98.2 Å². The minimum Gasteiger partial charge on any atom is -0.487 e. The molecule has 6 rings (SSSR count). The highest BCUT2D eigenvalue weighted by Gasteiger charge is 2.33. The molecule has 3 heterocycles. The largest absolute Gasteiger partial charge is 0.487 e. The van der Waals surface area contributed by atoms with E-state index in [1.165, 1.54) is 17.0 Å². The molecular formula is C31H31N5O3. The Kier molecular flexibility index (Phi) is 5.80. The van der Waals surface area contributed by atoms with Gasteiger partial charge in [0.05, 0.1) is 5.39 Å². The summed E-state index contributed by atoms with van der Waals surface area (Å²) in [6, 6.07) is 20.5. The van der Waals surface area contributed by atoms with Gasteiger partial charge in [-0.05, 0) is 41.8 Å². The van der Waals surface area contributed by atoms with E-state index in [1.54, 1.807) is 7.05 Å². The van der Waals surface area contributed by atoms with Gasteiger partial charge in [-0.2, -0.15) is 0 Å². The molecule has 1 aliphatic heterocycles. The number of benzene rings is 3. The summed E-state index contributed by atoms with van der Waals surface area (Å²) in [5.74, 6) is 1.27. The maximum atomic E-state index is 13.6. The van der Waals surface area contributed by atoms with E-state index in [1.807, 2.05) is 44.2 Å². The zero-order valence-corrected chi connectivity index (χ0v) is 22.5. The van der Waals surface area contributed by atoms with Gasteiger partial charge in [0.15, 0.2) is 5.65 Å². The molecule has 0 saturated carbocycles. The van der Waals surface area contributed by atoms with E-state index in [2.05, 4.69) is 35.6 Å². The summed E-state index contributed by atoms with van der Waals surface area (Å²) in [4.78, 5) is 31.3. The van der Waals surface area contributed by atoms with Crippen molar-refractivity contribution in [1.82, 2.24) is 14.1 Å². The van der Waals surface area contributed by atoms with Gasteiger partial charge in [0.1, 0.15) is 17.2 Å². The van der Waals surface area contributed by atoms with Gasteiger partial charge in [-0.1, -0.05) is 54.6 Å². The molecule has 2 aromatic heterocycles. The fraction of sp³-hybridized carbons (Fsp3) is 0.258. The van der Waals surface area contributed by atoms with Crippen LogP contribution in [0.2, 0.25) is 0 Å². The van der Waals surface area contributed by atoms with Crippen molar-refractivity contribution >= 4 is 27.6 Å². The maximum Gasteiger partial charge on any atom is 0.332 e. The zero-order valence-electron chi connectivity index (χ0n) is 22.5. The smallest absolute Gasteiger partial charge is 0.332 e. The number of hydrogen-bond acceptors (Lipinski definition) is 6. The van der Waals surface area contributed by atoms with E-state index < -0.39 is 11.2 Å². The summed E-state index contributed by atoms with van der Waals surface area (Å²) >= 11 is 0. The van der Waals surface area contributed by atoms with Gasteiger partial charge in [0.25, 0.3) is 5.56 Å². The predicted molar refractivity (Wildman–Crippen MR) is 155 cm³/mol. The Bertz CT molecular complexity index is 1900. The SMILES string of the molecule is Cn1c(=O)c2c(-c3cccc4c3OC(C)(C)C4)c(CN)c(NCc3ccc4ccccc4c3)nc2n(C)c1=O. The molecule has 3 aromatic carbocycles. The lowest BCUT2D eigenvalue weighted by Gasteiger charge is -2.22. The molecule has 0 unspecified atom stereocenters. The molecule has 0 saturated heterocycles. The molecule has 0 spiro atoms. The van der Waals surface area contributed by atoms with Crippen molar-refractivity contribution in [1.29, 1.82) is 0 Å². The number of ether oxygens (including phenoxy) is 1. The standard InChI is InChI=1S/C31H31N5O3/c1-31(2)15-21-10-7-11-22(26(21)39-31)24-23(16-32)27(34-28-25(24)29(37)36(4)30(38)35(28)3)33-17-18-12-13-19-8-5-6-9-20(19)14-18/h5-14H,15-17,32H2,1-4H3,(H,33,34). The molecule has 8 nitrogen and oxygen atoms in total.